The number of rotatable bonds is 8. The molecule has 0 spiro atoms. The van der Waals surface area contributed by atoms with E-state index in [4.69, 9.17) is 18.9 Å². The van der Waals surface area contributed by atoms with Gasteiger partial charge in [-0.15, -0.1) is 0 Å². The zero-order chi connectivity index (χ0) is 17.3. The van der Waals surface area contributed by atoms with Crippen molar-refractivity contribution in [1.29, 1.82) is 0 Å². The van der Waals surface area contributed by atoms with Gasteiger partial charge in [0, 0.05) is 0 Å². The van der Waals surface area contributed by atoms with Crippen molar-refractivity contribution >= 4 is 0 Å². The van der Waals surface area contributed by atoms with Crippen LogP contribution in [0.25, 0.3) is 0 Å². The van der Waals surface area contributed by atoms with Gasteiger partial charge in [-0.25, -0.2) is 0 Å². The van der Waals surface area contributed by atoms with E-state index in [0.29, 0.717) is 13.2 Å². The Morgan fingerprint density at radius 1 is 0.720 bits per heavy atom. The summed E-state index contributed by atoms with van der Waals surface area (Å²) in [5.74, 6) is 1.78. The molecular weight excluding hydrogens is 316 g/mol. The fourth-order valence-corrected chi connectivity index (χ4v) is 2.53. The molecule has 2 fully saturated rings. The molecule has 4 heteroatoms. The molecule has 4 rings (SSSR count). The smallest absolute Gasteiger partial charge is 0.123 e. The van der Waals surface area contributed by atoms with Gasteiger partial charge in [0.1, 0.15) is 35.9 Å². The van der Waals surface area contributed by atoms with Crippen molar-refractivity contribution in [2.24, 2.45) is 0 Å². The third-order valence-electron chi connectivity index (χ3n) is 4.62. The summed E-state index contributed by atoms with van der Waals surface area (Å²) in [6.07, 6.45) is 0.891. The molecule has 2 aliphatic heterocycles. The van der Waals surface area contributed by atoms with Crippen LogP contribution in [0.5, 0.6) is 11.5 Å². The second kappa shape index (κ2) is 6.36. The minimum absolute atomic E-state index is 0.0778. The second-order valence-electron chi connectivity index (χ2n) is 7.52. The zero-order valence-corrected chi connectivity index (χ0v) is 14.8. The lowest BCUT2D eigenvalue weighted by molar-refractivity contribution is 0.202. The fraction of sp³-hybridized carbons (Fsp3) is 0.429. The minimum Gasteiger partial charge on any atom is -0.491 e. The van der Waals surface area contributed by atoms with E-state index in [1.54, 1.807) is 0 Å². The molecule has 2 saturated heterocycles. The highest BCUT2D eigenvalue weighted by atomic mass is 16.6. The summed E-state index contributed by atoms with van der Waals surface area (Å²) in [6.45, 7) is 6.92. The molecule has 0 aromatic heterocycles. The lowest BCUT2D eigenvalue weighted by atomic mass is 10.0. The van der Waals surface area contributed by atoms with Crippen molar-refractivity contribution in [3.05, 3.63) is 59.7 Å². The maximum absolute atomic E-state index is 5.76. The number of benzene rings is 2. The van der Waals surface area contributed by atoms with E-state index in [1.807, 2.05) is 24.3 Å². The molecule has 0 radical (unpaired) electrons. The van der Waals surface area contributed by atoms with Crippen molar-refractivity contribution < 1.29 is 18.9 Å². The lowest BCUT2D eigenvalue weighted by Crippen LogP contribution is -2.16. The third-order valence-corrected chi connectivity index (χ3v) is 4.62. The Hall–Kier alpha value is -2.04. The summed E-state index contributed by atoms with van der Waals surface area (Å²) in [5.41, 5.74) is 2.36. The molecule has 2 heterocycles. The predicted molar refractivity (Wildman–Crippen MR) is 95.4 cm³/mol. The first-order valence-corrected chi connectivity index (χ1v) is 8.74. The highest BCUT2D eigenvalue weighted by Gasteiger charge is 2.40. The van der Waals surface area contributed by atoms with E-state index in [9.17, 15) is 0 Å². The summed E-state index contributed by atoms with van der Waals surface area (Å²) in [7, 11) is 0. The second-order valence-corrected chi connectivity index (χ2v) is 7.52. The maximum atomic E-state index is 5.76. The highest BCUT2D eigenvalue weighted by Crippen LogP contribution is 2.28. The van der Waals surface area contributed by atoms with Crippen molar-refractivity contribution in [3.63, 3.8) is 0 Å². The number of hydrogen-bond acceptors (Lipinski definition) is 4. The van der Waals surface area contributed by atoms with Gasteiger partial charge in [0.25, 0.3) is 0 Å². The molecule has 0 bridgehead atoms. The van der Waals surface area contributed by atoms with Crippen LogP contribution in [0.4, 0.5) is 0 Å². The van der Waals surface area contributed by atoms with Crippen LogP contribution >= 0.6 is 0 Å². The third kappa shape index (κ3) is 4.53. The standard InChI is InChI=1S/C21H24O4/c1-20(14-24-20)12-22-18-7-3-16(4-8-18)11-17-5-9-19(10-6-17)23-13-21(2)15-25-21/h3-10H,11-15H2,1-2H3. The minimum atomic E-state index is -0.0778. The average molecular weight is 340 g/mol. The first kappa shape index (κ1) is 16.4. The number of hydrogen-bond donors (Lipinski definition) is 0. The summed E-state index contributed by atoms with van der Waals surface area (Å²) < 4.78 is 22.2. The Morgan fingerprint density at radius 2 is 1.08 bits per heavy atom. The summed E-state index contributed by atoms with van der Waals surface area (Å²) >= 11 is 0. The summed E-state index contributed by atoms with van der Waals surface area (Å²) in [5, 5.41) is 0. The van der Waals surface area contributed by atoms with Crippen LogP contribution in [-0.4, -0.2) is 37.6 Å². The van der Waals surface area contributed by atoms with Gasteiger partial charge >= 0.3 is 0 Å². The van der Waals surface area contributed by atoms with Gasteiger partial charge in [-0.05, 0) is 55.7 Å². The van der Waals surface area contributed by atoms with Crippen LogP contribution in [-0.2, 0) is 15.9 Å². The Labute approximate surface area is 148 Å². The first-order chi connectivity index (χ1) is 12.0. The largest absolute Gasteiger partial charge is 0.491 e. The van der Waals surface area contributed by atoms with Crippen LogP contribution in [0.1, 0.15) is 25.0 Å². The topological polar surface area (TPSA) is 43.5 Å². The van der Waals surface area contributed by atoms with E-state index in [0.717, 1.165) is 31.1 Å². The Balaban J connectivity index is 1.28. The van der Waals surface area contributed by atoms with Crippen molar-refractivity contribution in [3.8, 4) is 11.5 Å². The molecule has 2 aromatic carbocycles. The Bertz CT molecular complexity index is 649. The molecule has 2 aromatic rings. The van der Waals surface area contributed by atoms with Crippen LogP contribution in [0.2, 0.25) is 0 Å². The summed E-state index contributed by atoms with van der Waals surface area (Å²) in [6, 6.07) is 16.5. The molecule has 0 amide bonds. The van der Waals surface area contributed by atoms with Crippen LogP contribution in [0, 0.1) is 0 Å². The zero-order valence-electron chi connectivity index (χ0n) is 14.8. The molecule has 0 saturated carbocycles. The number of ether oxygens (including phenoxy) is 4. The van der Waals surface area contributed by atoms with Gasteiger partial charge in [0.05, 0.1) is 13.2 Å². The van der Waals surface area contributed by atoms with Crippen LogP contribution < -0.4 is 9.47 Å². The molecule has 4 nitrogen and oxygen atoms in total. The van der Waals surface area contributed by atoms with Gasteiger partial charge in [0.2, 0.25) is 0 Å². The van der Waals surface area contributed by atoms with Gasteiger partial charge in [0.15, 0.2) is 0 Å². The van der Waals surface area contributed by atoms with Gasteiger partial charge in [-0.3, -0.25) is 0 Å². The molecule has 2 atom stereocenters. The van der Waals surface area contributed by atoms with E-state index >= 15 is 0 Å². The van der Waals surface area contributed by atoms with Gasteiger partial charge in [-0.2, -0.15) is 0 Å². The predicted octanol–water partition coefficient (Wildman–Crippen LogP) is 3.61. The first-order valence-electron chi connectivity index (χ1n) is 8.74. The van der Waals surface area contributed by atoms with E-state index < -0.39 is 0 Å². The SMILES string of the molecule is CC1(COc2ccc(Cc3ccc(OCC4(C)CO4)cc3)cc2)CO1. The Morgan fingerprint density at radius 3 is 1.40 bits per heavy atom. The lowest BCUT2D eigenvalue weighted by Gasteiger charge is -2.10. The molecular formula is C21H24O4. The van der Waals surface area contributed by atoms with Crippen molar-refractivity contribution in [1.82, 2.24) is 0 Å². The Kier molecular flexibility index (Phi) is 4.18. The summed E-state index contributed by atoms with van der Waals surface area (Å²) in [4.78, 5) is 0. The fourth-order valence-electron chi connectivity index (χ4n) is 2.53. The maximum Gasteiger partial charge on any atom is 0.123 e. The normalized spacial score (nSPS) is 27.0. The van der Waals surface area contributed by atoms with Crippen molar-refractivity contribution in [2.45, 2.75) is 31.5 Å². The van der Waals surface area contributed by atoms with Gasteiger partial charge in [-0.1, -0.05) is 24.3 Å². The average Bonchev–Trinajstić information content (AvgIpc) is 3.54. The van der Waals surface area contributed by atoms with E-state index in [1.165, 1.54) is 11.1 Å². The van der Waals surface area contributed by atoms with E-state index in [2.05, 4.69) is 38.1 Å². The molecule has 25 heavy (non-hydrogen) atoms. The monoisotopic (exact) mass is 340 g/mol. The van der Waals surface area contributed by atoms with Crippen molar-refractivity contribution in [2.75, 3.05) is 26.4 Å². The molecule has 0 aliphatic carbocycles. The van der Waals surface area contributed by atoms with E-state index in [-0.39, 0.29) is 11.2 Å². The molecule has 0 N–H and O–H groups in total. The quantitative estimate of drug-likeness (QED) is 0.689. The number of epoxide rings is 2. The highest BCUT2D eigenvalue weighted by molar-refractivity contribution is 5.34. The van der Waals surface area contributed by atoms with Crippen LogP contribution in [0.15, 0.2) is 48.5 Å². The van der Waals surface area contributed by atoms with Crippen LogP contribution in [0.3, 0.4) is 0 Å². The van der Waals surface area contributed by atoms with Gasteiger partial charge < -0.3 is 18.9 Å². The molecule has 2 aliphatic rings. The molecule has 2 unspecified atom stereocenters. The molecule has 132 valence electrons.